The second-order valence-electron chi connectivity index (χ2n) is 5.03. The Labute approximate surface area is 138 Å². The van der Waals surface area contributed by atoms with Gasteiger partial charge in [0, 0.05) is 41.0 Å². The second-order valence-corrected chi connectivity index (χ2v) is 6.94. The number of ether oxygens (including phenoxy) is 1. The number of hydrogen-bond acceptors (Lipinski definition) is 4. The first kappa shape index (κ1) is 16.6. The third kappa shape index (κ3) is 4.37. The summed E-state index contributed by atoms with van der Waals surface area (Å²) in [6.07, 6.45) is 0. The fourth-order valence-corrected chi connectivity index (χ4v) is 4.00. The molecule has 0 aliphatic carbocycles. The summed E-state index contributed by atoms with van der Waals surface area (Å²) >= 11 is 5.27. The zero-order valence-electron chi connectivity index (χ0n) is 12.4. The molecule has 0 fully saturated rings. The van der Waals surface area contributed by atoms with Gasteiger partial charge in [-0.2, -0.15) is 0 Å². The smallest absolute Gasteiger partial charge is 0.0716 e. The Bertz CT molecular complexity index is 573. The molecule has 0 aliphatic rings. The average Bonchev–Trinajstić information content (AvgIpc) is 2.87. The number of thiophene rings is 1. The topological polar surface area (TPSA) is 38.5 Å². The Morgan fingerprint density at radius 3 is 2.76 bits per heavy atom. The normalized spacial score (nSPS) is 12.8. The SMILES string of the molecule is COCc1ccccc1C(CN)N(C)Cc1cc(Br)cs1. The van der Waals surface area contributed by atoms with Crippen LogP contribution < -0.4 is 5.73 Å². The van der Waals surface area contributed by atoms with Crippen LogP contribution in [0.4, 0.5) is 0 Å². The van der Waals surface area contributed by atoms with Crippen molar-refractivity contribution in [2.24, 2.45) is 5.73 Å². The number of nitrogens with two attached hydrogens (primary N) is 1. The number of rotatable bonds is 7. The lowest BCUT2D eigenvalue weighted by Gasteiger charge is -2.28. The lowest BCUT2D eigenvalue weighted by molar-refractivity contribution is 0.179. The molecule has 0 radical (unpaired) electrons. The van der Waals surface area contributed by atoms with Crippen LogP contribution in [0.3, 0.4) is 0 Å². The summed E-state index contributed by atoms with van der Waals surface area (Å²) in [7, 11) is 3.84. The van der Waals surface area contributed by atoms with Crippen molar-refractivity contribution in [3.63, 3.8) is 0 Å². The van der Waals surface area contributed by atoms with Crippen molar-refractivity contribution in [2.45, 2.75) is 19.2 Å². The molecule has 0 saturated heterocycles. The molecule has 2 aromatic rings. The van der Waals surface area contributed by atoms with Gasteiger partial charge < -0.3 is 10.5 Å². The van der Waals surface area contributed by atoms with E-state index in [0.717, 1.165) is 11.0 Å². The monoisotopic (exact) mass is 368 g/mol. The molecule has 2 N–H and O–H groups in total. The minimum absolute atomic E-state index is 0.192. The van der Waals surface area contributed by atoms with Crippen LogP contribution in [-0.2, 0) is 17.9 Å². The van der Waals surface area contributed by atoms with Crippen molar-refractivity contribution in [2.75, 3.05) is 20.7 Å². The van der Waals surface area contributed by atoms with E-state index in [1.165, 1.54) is 16.0 Å². The van der Waals surface area contributed by atoms with E-state index in [1.54, 1.807) is 18.4 Å². The molecule has 5 heteroatoms. The van der Waals surface area contributed by atoms with Crippen molar-refractivity contribution in [1.82, 2.24) is 4.90 Å². The van der Waals surface area contributed by atoms with Crippen LogP contribution in [0.15, 0.2) is 40.2 Å². The summed E-state index contributed by atoms with van der Waals surface area (Å²) in [4.78, 5) is 3.62. The number of likely N-dealkylation sites (N-methyl/N-ethyl adjacent to an activating group) is 1. The summed E-state index contributed by atoms with van der Waals surface area (Å²) in [5, 5.41) is 2.11. The summed E-state index contributed by atoms with van der Waals surface area (Å²) in [6, 6.07) is 10.7. The Morgan fingerprint density at radius 2 is 2.14 bits per heavy atom. The Kier molecular flexibility index (Phi) is 6.39. The van der Waals surface area contributed by atoms with Gasteiger partial charge in [0.05, 0.1) is 6.61 Å². The van der Waals surface area contributed by atoms with E-state index in [4.69, 9.17) is 10.5 Å². The number of nitrogens with zero attached hydrogens (tertiary/aromatic N) is 1. The molecular weight excluding hydrogens is 348 g/mol. The van der Waals surface area contributed by atoms with Crippen LogP contribution in [-0.4, -0.2) is 25.6 Å². The fraction of sp³-hybridized carbons (Fsp3) is 0.375. The van der Waals surface area contributed by atoms with Crippen molar-refractivity contribution >= 4 is 27.3 Å². The molecule has 1 aromatic carbocycles. The number of halogens is 1. The molecule has 114 valence electrons. The number of hydrogen-bond donors (Lipinski definition) is 1. The molecule has 21 heavy (non-hydrogen) atoms. The molecule has 3 nitrogen and oxygen atoms in total. The van der Waals surface area contributed by atoms with Crippen molar-refractivity contribution in [3.05, 3.63) is 56.2 Å². The highest BCUT2D eigenvalue weighted by Gasteiger charge is 2.19. The minimum atomic E-state index is 0.192. The highest BCUT2D eigenvalue weighted by atomic mass is 79.9. The van der Waals surface area contributed by atoms with Gasteiger partial charge in [-0.1, -0.05) is 24.3 Å². The number of methoxy groups -OCH3 is 1. The van der Waals surface area contributed by atoms with Gasteiger partial charge in [-0.15, -0.1) is 11.3 Å². The maximum atomic E-state index is 6.04. The van der Waals surface area contributed by atoms with E-state index in [9.17, 15) is 0 Å². The third-order valence-electron chi connectivity index (χ3n) is 3.50. The number of benzene rings is 1. The molecular formula is C16H21BrN2OS. The highest BCUT2D eigenvalue weighted by molar-refractivity contribution is 9.10. The predicted octanol–water partition coefficient (Wildman–Crippen LogP) is 3.79. The Hall–Kier alpha value is -0.720. The van der Waals surface area contributed by atoms with Gasteiger partial charge in [-0.05, 0) is 40.2 Å². The van der Waals surface area contributed by atoms with Gasteiger partial charge in [-0.3, -0.25) is 4.90 Å². The Morgan fingerprint density at radius 1 is 1.38 bits per heavy atom. The van der Waals surface area contributed by atoms with Crippen LogP contribution in [0.2, 0.25) is 0 Å². The first-order valence-corrected chi connectivity index (χ1v) is 8.53. The van der Waals surface area contributed by atoms with E-state index in [2.05, 4.69) is 57.5 Å². The van der Waals surface area contributed by atoms with Crippen molar-refractivity contribution < 1.29 is 4.74 Å². The Balaban J connectivity index is 2.18. The van der Waals surface area contributed by atoms with Gasteiger partial charge in [0.25, 0.3) is 0 Å². The van der Waals surface area contributed by atoms with Gasteiger partial charge in [0.15, 0.2) is 0 Å². The molecule has 1 aromatic heterocycles. The first-order chi connectivity index (χ1) is 10.2. The van der Waals surface area contributed by atoms with Crippen molar-refractivity contribution in [3.8, 4) is 0 Å². The largest absolute Gasteiger partial charge is 0.380 e. The molecule has 1 heterocycles. The quantitative estimate of drug-likeness (QED) is 0.807. The van der Waals surface area contributed by atoms with E-state index in [-0.39, 0.29) is 6.04 Å². The molecule has 1 unspecified atom stereocenters. The van der Waals surface area contributed by atoms with E-state index < -0.39 is 0 Å². The van der Waals surface area contributed by atoms with Gasteiger partial charge in [-0.25, -0.2) is 0 Å². The van der Waals surface area contributed by atoms with E-state index >= 15 is 0 Å². The van der Waals surface area contributed by atoms with Crippen LogP contribution in [0.5, 0.6) is 0 Å². The average molecular weight is 369 g/mol. The zero-order valence-corrected chi connectivity index (χ0v) is 14.8. The summed E-state index contributed by atoms with van der Waals surface area (Å²) in [5.41, 5.74) is 8.49. The summed E-state index contributed by atoms with van der Waals surface area (Å²) < 4.78 is 6.44. The first-order valence-electron chi connectivity index (χ1n) is 6.85. The highest BCUT2D eigenvalue weighted by Crippen LogP contribution is 2.27. The van der Waals surface area contributed by atoms with Crippen LogP contribution >= 0.6 is 27.3 Å². The van der Waals surface area contributed by atoms with E-state index in [1.807, 2.05) is 6.07 Å². The zero-order chi connectivity index (χ0) is 15.2. The van der Waals surface area contributed by atoms with Gasteiger partial charge in [0.2, 0.25) is 0 Å². The third-order valence-corrected chi connectivity index (χ3v) is 5.18. The second kappa shape index (κ2) is 8.06. The fourth-order valence-electron chi connectivity index (χ4n) is 2.48. The van der Waals surface area contributed by atoms with Crippen molar-refractivity contribution in [1.29, 1.82) is 0 Å². The van der Waals surface area contributed by atoms with Gasteiger partial charge in [0.1, 0.15) is 0 Å². The van der Waals surface area contributed by atoms with E-state index in [0.29, 0.717) is 13.2 Å². The summed E-state index contributed by atoms with van der Waals surface area (Å²) in [5.74, 6) is 0. The van der Waals surface area contributed by atoms with Crippen LogP contribution in [0, 0.1) is 0 Å². The lowest BCUT2D eigenvalue weighted by Crippen LogP contribution is -2.30. The van der Waals surface area contributed by atoms with Crippen LogP contribution in [0.1, 0.15) is 22.0 Å². The molecule has 0 spiro atoms. The molecule has 0 saturated carbocycles. The standard InChI is InChI=1S/C16H21BrN2OS/c1-19(9-14-7-13(17)11-21-14)16(8-18)15-6-4-3-5-12(15)10-20-2/h3-7,11,16H,8-10,18H2,1-2H3. The molecule has 2 rings (SSSR count). The predicted molar refractivity (Wildman–Crippen MR) is 92.4 cm³/mol. The lowest BCUT2D eigenvalue weighted by atomic mass is 9.99. The molecule has 1 atom stereocenters. The maximum Gasteiger partial charge on any atom is 0.0716 e. The molecule has 0 bridgehead atoms. The minimum Gasteiger partial charge on any atom is -0.380 e. The molecule has 0 aliphatic heterocycles. The van der Waals surface area contributed by atoms with Crippen LogP contribution in [0.25, 0.3) is 0 Å². The molecule has 0 amide bonds. The van der Waals surface area contributed by atoms with Gasteiger partial charge >= 0.3 is 0 Å². The summed E-state index contributed by atoms with van der Waals surface area (Å²) in [6.45, 7) is 2.09. The maximum absolute atomic E-state index is 6.04.